The molecule has 0 radical (unpaired) electrons. The van der Waals surface area contributed by atoms with Crippen molar-refractivity contribution < 1.29 is 19.3 Å². The molecule has 1 heterocycles. The summed E-state index contributed by atoms with van der Waals surface area (Å²) in [5, 5.41) is 9.57. The second-order valence-corrected chi connectivity index (χ2v) is 5.71. The van der Waals surface area contributed by atoms with Crippen molar-refractivity contribution in [2.75, 3.05) is 6.61 Å². The second-order valence-electron chi connectivity index (χ2n) is 5.71. The zero-order valence-corrected chi connectivity index (χ0v) is 13.5. The molecule has 1 aliphatic heterocycles. The lowest BCUT2D eigenvalue weighted by atomic mass is 10.1. The summed E-state index contributed by atoms with van der Waals surface area (Å²) >= 11 is 0. The van der Waals surface area contributed by atoms with Gasteiger partial charge in [-0.15, -0.1) is 0 Å². The van der Waals surface area contributed by atoms with Gasteiger partial charge in [0.2, 0.25) is 0 Å². The molecule has 1 N–H and O–H groups in total. The Hall–Kier alpha value is -2.14. The molecule has 3 atom stereocenters. The predicted octanol–water partition coefficient (Wildman–Crippen LogP) is 3.06. The SMILES string of the molecule is OC[C@H]1OC=C[C@@H](OCc2ccccc2)[C@@H]1OCc1ccccc1. The van der Waals surface area contributed by atoms with Crippen LogP contribution >= 0.6 is 0 Å². The van der Waals surface area contributed by atoms with Crippen LogP contribution in [-0.2, 0) is 27.4 Å². The van der Waals surface area contributed by atoms with Gasteiger partial charge in [-0.3, -0.25) is 0 Å². The van der Waals surface area contributed by atoms with E-state index in [2.05, 4.69) is 0 Å². The van der Waals surface area contributed by atoms with E-state index in [1.54, 1.807) is 6.26 Å². The molecule has 3 rings (SSSR count). The molecule has 24 heavy (non-hydrogen) atoms. The van der Waals surface area contributed by atoms with Crippen molar-refractivity contribution in [1.82, 2.24) is 0 Å². The number of aliphatic hydroxyl groups excluding tert-OH is 1. The number of rotatable bonds is 7. The first-order chi connectivity index (χ1) is 11.9. The highest BCUT2D eigenvalue weighted by Crippen LogP contribution is 2.21. The molecule has 0 spiro atoms. The van der Waals surface area contributed by atoms with Crippen LogP contribution in [0.3, 0.4) is 0 Å². The first kappa shape index (κ1) is 16.7. The molecule has 2 aromatic rings. The van der Waals surface area contributed by atoms with Gasteiger partial charge in [-0.25, -0.2) is 0 Å². The maximum absolute atomic E-state index is 9.57. The summed E-state index contributed by atoms with van der Waals surface area (Å²) in [5.41, 5.74) is 2.17. The van der Waals surface area contributed by atoms with E-state index in [4.69, 9.17) is 14.2 Å². The maximum Gasteiger partial charge on any atom is 0.150 e. The van der Waals surface area contributed by atoms with Gasteiger partial charge in [-0.1, -0.05) is 60.7 Å². The third-order valence-electron chi connectivity index (χ3n) is 3.96. The molecule has 4 nitrogen and oxygen atoms in total. The van der Waals surface area contributed by atoms with Crippen LogP contribution in [0.2, 0.25) is 0 Å². The molecule has 0 fully saturated rings. The van der Waals surface area contributed by atoms with E-state index in [0.29, 0.717) is 13.2 Å². The van der Waals surface area contributed by atoms with Gasteiger partial charge in [0.25, 0.3) is 0 Å². The highest BCUT2D eigenvalue weighted by molar-refractivity contribution is 5.15. The van der Waals surface area contributed by atoms with Gasteiger partial charge in [0.15, 0.2) is 0 Å². The number of benzene rings is 2. The quantitative estimate of drug-likeness (QED) is 0.849. The van der Waals surface area contributed by atoms with Crippen molar-refractivity contribution in [3.63, 3.8) is 0 Å². The van der Waals surface area contributed by atoms with Gasteiger partial charge in [-0.2, -0.15) is 0 Å². The molecule has 0 aliphatic carbocycles. The summed E-state index contributed by atoms with van der Waals surface area (Å²) in [6.45, 7) is 0.818. The van der Waals surface area contributed by atoms with Gasteiger partial charge in [0, 0.05) is 0 Å². The Bertz CT molecular complexity index is 627. The lowest BCUT2D eigenvalue weighted by molar-refractivity contribution is -0.140. The molecule has 0 saturated heterocycles. The number of hydrogen-bond donors (Lipinski definition) is 1. The van der Waals surface area contributed by atoms with Crippen LogP contribution in [0.25, 0.3) is 0 Å². The first-order valence-electron chi connectivity index (χ1n) is 8.11. The van der Waals surface area contributed by atoms with Crippen LogP contribution in [0.1, 0.15) is 11.1 Å². The monoisotopic (exact) mass is 326 g/mol. The second kappa shape index (κ2) is 8.64. The van der Waals surface area contributed by atoms with Crippen molar-refractivity contribution in [1.29, 1.82) is 0 Å². The molecule has 1 aliphatic rings. The molecule has 0 saturated carbocycles. The molecule has 4 heteroatoms. The third-order valence-corrected chi connectivity index (χ3v) is 3.96. The van der Waals surface area contributed by atoms with Crippen molar-refractivity contribution in [3.05, 3.63) is 84.1 Å². The Morgan fingerprint density at radius 1 is 0.833 bits per heavy atom. The van der Waals surface area contributed by atoms with E-state index in [0.717, 1.165) is 11.1 Å². The molecular formula is C20H22O4. The van der Waals surface area contributed by atoms with E-state index in [9.17, 15) is 5.11 Å². The van der Waals surface area contributed by atoms with Crippen LogP contribution in [0.5, 0.6) is 0 Å². The zero-order valence-electron chi connectivity index (χ0n) is 13.5. The Kier molecular flexibility index (Phi) is 6.01. The fourth-order valence-corrected chi connectivity index (χ4v) is 2.66. The summed E-state index contributed by atoms with van der Waals surface area (Å²) in [7, 11) is 0. The highest BCUT2D eigenvalue weighted by atomic mass is 16.6. The lowest BCUT2D eigenvalue weighted by Crippen LogP contribution is -2.45. The molecule has 0 bridgehead atoms. The van der Waals surface area contributed by atoms with Crippen LogP contribution in [0, 0.1) is 0 Å². The first-order valence-corrected chi connectivity index (χ1v) is 8.11. The number of aliphatic hydroxyl groups is 1. The van der Waals surface area contributed by atoms with Gasteiger partial charge in [-0.05, 0) is 17.2 Å². The molecule has 0 amide bonds. The van der Waals surface area contributed by atoms with E-state index < -0.39 is 6.10 Å². The third kappa shape index (κ3) is 4.45. The fraction of sp³-hybridized carbons (Fsp3) is 0.300. The zero-order chi connectivity index (χ0) is 16.6. The van der Waals surface area contributed by atoms with E-state index in [1.807, 2.05) is 66.7 Å². The van der Waals surface area contributed by atoms with Crippen molar-refractivity contribution in [3.8, 4) is 0 Å². The smallest absolute Gasteiger partial charge is 0.150 e. The predicted molar refractivity (Wildman–Crippen MR) is 91.1 cm³/mol. The standard InChI is InChI=1S/C20H22O4/c21-13-19-20(24-15-17-9-5-2-6-10-17)18(11-12-22-19)23-14-16-7-3-1-4-8-16/h1-12,18-21H,13-15H2/t18-,19-,20+/m1/s1. The Labute approximate surface area is 142 Å². The lowest BCUT2D eigenvalue weighted by Gasteiger charge is -2.33. The number of ether oxygens (including phenoxy) is 3. The summed E-state index contributed by atoms with van der Waals surface area (Å²) in [5.74, 6) is 0. The minimum atomic E-state index is -0.431. The molecular weight excluding hydrogens is 304 g/mol. The minimum Gasteiger partial charge on any atom is -0.493 e. The maximum atomic E-state index is 9.57. The van der Waals surface area contributed by atoms with E-state index >= 15 is 0 Å². The highest BCUT2D eigenvalue weighted by Gasteiger charge is 2.33. The average Bonchev–Trinajstić information content (AvgIpc) is 2.66. The summed E-state index contributed by atoms with van der Waals surface area (Å²) in [6.07, 6.45) is 2.37. The van der Waals surface area contributed by atoms with Crippen LogP contribution in [-0.4, -0.2) is 30.0 Å². The van der Waals surface area contributed by atoms with E-state index in [-0.39, 0.29) is 18.8 Å². The summed E-state index contributed by atoms with van der Waals surface area (Å²) < 4.78 is 17.5. The summed E-state index contributed by atoms with van der Waals surface area (Å²) in [6, 6.07) is 19.9. The molecule has 0 unspecified atom stereocenters. The molecule has 126 valence electrons. The van der Waals surface area contributed by atoms with Crippen LogP contribution in [0.15, 0.2) is 73.0 Å². The van der Waals surface area contributed by atoms with Crippen LogP contribution in [0.4, 0.5) is 0 Å². The van der Waals surface area contributed by atoms with E-state index in [1.165, 1.54) is 0 Å². The molecule has 0 aromatic heterocycles. The normalized spacial score (nSPS) is 23.0. The molecule has 2 aromatic carbocycles. The minimum absolute atomic E-state index is 0.116. The Morgan fingerprint density at radius 3 is 2.00 bits per heavy atom. The fourth-order valence-electron chi connectivity index (χ4n) is 2.66. The van der Waals surface area contributed by atoms with Gasteiger partial charge < -0.3 is 19.3 Å². The van der Waals surface area contributed by atoms with Gasteiger partial charge >= 0.3 is 0 Å². The van der Waals surface area contributed by atoms with Crippen molar-refractivity contribution in [2.45, 2.75) is 31.5 Å². The average molecular weight is 326 g/mol. The van der Waals surface area contributed by atoms with Gasteiger partial charge in [0.05, 0.1) is 26.1 Å². The Balaban J connectivity index is 1.63. The summed E-state index contributed by atoms with van der Waals surface area (Å²) in [4.78, 5) is 0. The van der Waals surface area contributed by atoms with Crippen LogP contribution < -0.4 is 0 Å². The number of hydrogen-bond acceptors (Lipinski definition) is 4. The Morgan fingerprint density at radius 2 is 1.42 bits per heavy atom. The van der Waals surface area contributed by atoms with Crippen molar-refractivity contribution in [2.24, 2.45) is 0 Å². The topological polar surface area (TPSA) is 47.9 Å². The largest absolute Gasteiger partial charge is 0.493 e. The van der Waals surface area contributed by atoms with Gasteiger partial charge in [0.1, 0.15) is 18.3 Å². The van der Waals surface area contributed by atoms with Crippen molar-refractivity contribution >= 4 is 0 Å².